The number of nitrogens with zero attached hydrogens (tertiary/aromatic N) is 3. The smallest absolute Gasteiger partial charge is 0.272 e. The molecule has 0 amide bonds. The zero-order valence-corrected chi connectivity index (χ0v) is 15.3. The average molecular weight is 419 g/mol. The van der Waals surface area contributed by atoms with Crippen LogP contribution < -0.4 is 14.6 Å². The van der Waals surface area contributed by atoms with Crippen molar-refractivity contribution in [1.82, 2.24) is 14.5 Å². The van der Waals surface area contributed by atoms with Gasteiger partial charge in [0, 0.05) is 16.6 Å². The quantitative estimate of drug-likeness (QED) is 0.658. The largest absolute Gasteiger partial charge is 0.481 e. The van der Waals surface area contributed by atoms with Crippen LogP contribution in [-0.2, 0) is 10.0 Å². The Kier molecular flexibility index (Phi) is 5.18. The van der Waals surface area contributed by atoms with Gasteiger partial charge in [0.1, 0.15) is 11.5 Å². The number of aromatic nitrogens is 3. The van der Waals surface area contributed by atoms with Crippen LogP contribution in [0.1, 0.15) is 0 Å². The van der Waals surface area contributed by atoms with E-state index < -0.39 is 23.1 Å². The molecule has 144 valence electrons. The van der Waals surface area contributed by atoms with E-state index in [0.29, 0.717) is 15.9 Å². The molecule has 2 aromatic heterocycles. The lowest BCUT2D eigenvalue weighted by Crippen LogP contribution is -2.12. The van der Waals surface area contributed by atoms with Gasteiger partial charge in [0.05, 0.1) is 18.8 Å². The van der Waals surface area contributed by atoms with Gasteiger partial charge in [0.15, 0.2) is 5.75 Å². The second-order valence-electron chi connectivity index (χ2n) is 5.32. The third-order valence-corrected chi connectivity index (χ3v) is 4.69. The molecule has 12 heteroatoms. The average Bonchev–Trinajstić information content (AvgIpc) is 2.98. The van der Waals surface area contributed by atoms with Crippen LogP contribution >= 0.6 is 11.6 Å². The maximum atomic E-state index is 12.3. The summed E-state index contributed by atoms with van der Waals surface area (Å²) in [6, 6.07) is 4.54. The third kappa shape index (κ3) is 3.94. The minimum absolute atomic E-state index is 0.0124. The van der Waals surface area contributed by atoms with Crippen molar-refractivity contribution in [3.63, 3.8) is 0 Å². The molecule has 0 unspecified atom stereocenters. The molecule has 0 radical (unpaired) electrons. The van der Waals surface area contributed by atoms with Crippen molar-refractivity contribution >= 4 is 32.5 Å². The minimum Gasteiger partial charge on any atom is -0.481 e. The Morgan fingerprint density at radius 3 is 2.74 bits per heavy atom. The summed E-state index contributed by atoms with van der Waals surface area (Å²) in [5.41, 5.74) is 0.384. The highest BCUT2D eigenvalue weighted by Gasteiger charge is 2.21. The van der Waals surface area contributed by atoms with Crippen LogP contribution in [0.25, 0.3) is 16.9 Å². The maximum Gasteiger partial charge on any atom is 0.272 e. The van der Waals surface area contributed by atoms with Gasteiger partial charge >= 0.3 is 0 Å². The van der Waals surface area contributed by atoms with Gasteiger partial charge in [-0.15, -0.1) is 0 Å². The van der Waals surface area contributed by atoms with Crippen molar-refractivity contribution < 1.29 is 26.7 Å². The molecule has 3 aromatic rings. The zero-order chi connectivity index (χ0) is 19.8. The van der Waals surface area contributed by atoms with E-state index in [1.807, 2.05) is 0 Å². The number of rotatable bonds is 6. The van der Waals surface area contributed by atoms with Gasteiger partial charge in [-0.25, -0.2) is 27.3 Å². The highest BCUT2D eigenvalue weighted by atomic mass is 35.5. The Morgan fingerprint density at radius 1 is 1.37 bits per heavy atom. The minimum atomic E-state index is -4.03. The molecular formula is C15H13ClF2N4O4S. The van der Waals surface area contributed by atoms with Crippen molar-refractivity contribution in [3.8, 4) is 17.6 Å². The molecule has 8 nitrogen and oxygen atoms in total. The van der Waals surface area contributed by atoms with Crippen LogP contribution in [0.2, 0.25) is 5.02 Å². The molecule has 1 aromatic carbocycles. The second-order valence-corrected chi connectivity index (χ2v) is 7.28. The van der Waals surface area contributed by atoms with Gasteiger partial charge in [-0.3, -0.25) is 4.57 Å². The molecule has 0 atom stereocenters. The summed E-state index contributed by atoms with van der Waals surface area (Å²) in [6.45, 7) is -0.851. The molecule has 0 spiro atoms. The van der Waals surface area contributed by atoms with E-state index in [9.17, 15) is 17.2 Å². The molecular weight excluding hydrogens is 406 g/mol. The lowest BCUT2D eigenvalue weighted by Gasteiger charge is -2.11. The van der Waals surface area contributed by atoms with Crippen LogP contribution in [0.5, 0.6) is 11.6 Å². The third-order valence-electron chi connectivity index (χ3n) is 3.52. The van der Waals surface area contributed by atoms with Gasteiger partial charge in [-0.1, -0.05) is 11.6 Å². The van der Waals surface area contributed by atoms with E-state index in [4.69, 9.17) is 26.2 Å². The summed E-state index contributed by atoms with van der Waals surface area (Å²) in [6.07, 6.45) is -0.288. The van der Waals surface area contributed by atoms with E-state index in [-0.39, 0.29) is 22.5 Å². The Hall–Kier alpha value is -2.50. The molecule has 2 N–H and O–H groups in total. The molecule has 0 bridgehead atoms. The first-order valence-corrected chi connectivity index (χ1v) is 9.29. The fraction of sp³-hybridized carbons (Fsp3) is 0.200. The zero-order valence-electron chi connectivity index (χ0n) is 13.8. The van der Waals surface area contributed by atoms with Gasteiger partial charge in [0.25, 0.3) is 12.3 Å². The Morgan fingerprint density at radius 2 is 2.11 bits per heavy atom. The molecule has 0 saturated heterocycles. The first-order valence-electron chi connectivity index (χ1n) is 7.36. The van der Waals surface area contributed by atoms with Crippen LogP contribution in [0.4, 0.5) is 8.78 Å². The fourth-order valence-electron chi connectivity index (χ4n) is 2.42. The van der Waals surface area contributed by atoms with Crippen molar-refractivity contribution in [1.29, 1.82) is 0 Å². The molecule has 2 heterocycles. The lowest BCUT2D eigenvalue weighted by molar-refractivity contribution is 0.0798. The normalized spacial score (nSPS) is 11.9. The number of nitrogens with two attached hydrogens (primary N) is 1. The van der Waals surface area contributed by atoms with E-state index in [1.165, 1.54) is 36.1 Å². The van der Waals surface area contributed by atoms with Crippen molar-refractivity contribution in [3.05, 3.63) is 35.6 Å². The first kappa shape index (κ1) is 19.3. The van der Waals surface area contributed by atoms with Gasteiger partial charge in [-0.2, -0.15) is 4.98 Å². The van der Waals surface area contributed by atoms with Crippen LogP contribution in [-0.4, -0.2) is 43.1 Å². The van der Waals surface area contributed by atoms with Crippen LogP contribution in [0.3, 0.4) is 0 Å². The molecule has 3 rings (SSSR count). The van der Waals surface area contributed by atoms with Crippen LogP contribution in [0.15, 0.2) is 35.5 Å². The van der Waals surface area contributed by atoms with Crippen molar-refractivity contribution in [2.45, 2.75) is 11.3 Å². The Bertz CT molecular complexity index is 1100. The van der Waals surface area contributed by atoms with Crippen LogP contribution in [0, 0.1) is 0 Å². The summed E-state index contributed by atoms with van der Waals surface area (Å²) in [7, 11) is -2.75. The Labute approximate surface area is 157 Å². The molecule has 0 aliphatic rings. The molecule has 0 saturated carbocycles. The molecule has 0 fully saturated rings. The SMILES string of the molecule is COc1nc(-n2cc(S(N)(=O)=O)c3ccc(Cl)cc32)ncc1OCC(F)F. The van der Waals surface area contributed by atoms with E-state index >= 15 is 0 Å². The number of benzene rings is 1. The predicted molar refractivity (Wildman–Crippen MR) is 93.3 cm³/mol. The first-order chi connectivity index (χ1) is 12.7. The van der Waals surface area contributed by atoms with E-state index in [2.05, 4.69) is 9.97 Å². The number of fused-ring (bicyclic) bond motifs is 1. The summed E-state index contributed by atoms with van der Waals surface area (Å²) >= 11 is 6.01. The van der Waals surface area contributed by atoms with Crippen molar-refractivity contribution in [2.24, 2.45) is 5.14 Å². The number of alkyl halides is 2. The van der Waals surface area contributed by atoms with Gasteiger partial charge < -0.3 is 9.47 Å². The highest BCUT2D eigenvalue weighted by Crippen LogP contribution is 2.31. The molecule has 27 heavy (non-hydrogen) atoms. The number of primary sulfonamides is 1. The Balaban J connectivity index is 2.16. The van der Waals surface area contributed by atoms with Gasteiger partial charge in [-0.05, 0) is 18.2 Å². The summed E-state index contributed by atoms with van der Waals surface area (Å²) in [5.74, 6) is -0.164. The fourth-order valence-corrected chi connectivity index (χ4v) is 3.32. The number of hydrogen-bond donors (Lipinski definition) is 1. The van der Waals surface area contributed by atoms with E-state index in [1.54, 1.807) is 0 Å². The lowest BCUT2D eigenvalue weighted by atomic mass is 10.2. The standard InChI is InChI=1S/C15H13ClF2N4O4S/c1-25-14-11(26-7-13(17)18)5-20-15(21-14)22-6-12(27(19,23)24)9-3-2-8(16)4-10(9)22/h2-6,13H,7H2,1H3,(H2,19,23,24). The van der Waals surface area contributed by atoms with Crippen molar-refractivity contribution in [2.75, 3.05) is 13.7 Å². The number of sulfonamides is 1. The number of hydrogen-bond acceptors (Lipinski definition) is 6. The highest BCUT2D eigenvalue weighted by molar-refractivity contribution is 7.89. The number of methoxy groups -OCH3 is 1. The van der Waals surface area contributed by atoms with E-state index in [0.717, 1.165) is 6.20 Å². The number of halogens is 3. The summed E-state index contributed by atoms with van der Waals surface area (Å²) in [4.78, 5) is 7.99. The predicted octanol–water partition coefficient (Wildman–Crippen LogP) is 2.37. The van der Waals surface area contributed by atoms with Gasteiger partial charge in [0.2, 0.25) is 16.0 Å². The summed E-state index contributed by atoms with van der Waals surface area (Å²) < 4.78 is 59.7. The monoisotopic (exact) mass is 418 g/mol. The number of ether oxygens (including phenoxy) is 2. The topological polar surface area (TPSA) is 109 Å². The maximum absolute atomic E-state index is 12.3. The second kappa shape index (κ2) is 7.25. The molecule has 0 aliphatic heterocycles. The summed E-state index contributed by atoms with van der Waals surface area (Å²) in [5, 5.41) is 5.94. The molecule has 0 aliphatic carbocycles.